The Balaban J connectivity index is 1.49. The predicted octanol–water partition coefficient (Wildman–Crippen LogP) is 5.47. The Morgan fingerprint density at radius 2 is 1.61 bits per heavy atom. The first kappa shape index (κ1) is 22.6. The lowest BCUT2D eigenvalue weighted by atomic mass is 10.0. The van der Waals surface area contributed by atoms with E-state index in [1.54, 1.807) is 20.7 Å². The molecule has 2 heterocycles. The Kier molecular flexibility index (Phi) is 7.87. The van der Waals surface area contributed by atoms with Crippen LogP contribution in [0.4, 0.5) is 0 Å². The van der Waals surface area contributed by atoms with E-state index in [1.807, 2.05) is 30.3 Å². The second kappa shape index (κ2) is 10.8. The summed E-state index contributed by atoms with van der Waals surface area (Å²) in [5, 5.41) is 19.5. The van der Waals surface area contributed by atoms with Crippen LogP contribution in [0.2, 0.25) is 0 Å². The summed E-state index contributed by atoms with van der Waals surface area (Å²) in [6.45, 7) is 6.15. The minimum absolute atomic E-state index is 0.277. The van der Waals surface area contributed by atoms with Crippen LogP contribution in [-0.2, 0) is 6.54 Å². The van der Waals surface area contributed by atoms with Crippen LogP contribution in [0.15, 0.2) is 48.5 Å². The highest BCUT2D eigenvalue weighted by Gasteiger charge is 2.19. The molecule has 7 heteroatoms. The van der Waals surface area contributed by atoms with Crippen LogP contribution < -0.4 is 0 Å². The van der Waals surface area contributed by atoms with Gasteiger partial charge in [0.1, 0.15) is 9.57 Å². The topological polar surface area (TPSA) is 46.9 Å². The largest absolute Gasteiger partial charge is 0.508 e. The van der Waals surface area contributed by atoms with E-state index in [1.165, 1.54) is 4.88 Å². The average Bonchev–Trinajstić information content (AvgIpc) is 3.18. The van der Waals surface area contributed by atoms with Gasteiger partial charge in [-0.2, -0.15) is 0 Å². The number of phenols is 1. The molecule has 4 rings (SSSR count). The first-order chi connectivity index (χ1) is 15.2. The van der Waals surface area contributed by atoms with Gasteiger partial charge in [-0.15, -0.1) is 0 Å². The van der Waals surface area contributed by atoms with Crippen LogP contribution in [0.25, 0.3) is 21.6 Å². The lowest BCUT2D eigenvalue weighted by Crippen LogP contribution is -2.46. The van der Waals surface area contributed by atoms with E-state index in [0.717, 1.165) is 78.2 Å². The lowest BCUT2D eigenvalue weighted by Gasteiger charge is -2.34. The molecule has 1 aliphatic heterocycles. The summed E-state index contributed by atoms with van der Waals surface area (Å²) in [7, 11) is 3.35. The van der Waals surface area contributed by atoms with Gasteiger partial charge in [-0.1, -0.05) is 63.2 Å². The van der Waals surface area contributed by atoms with Crippen molar-refractivity contribution in [2.45, 2.75) is 19.4 Å². The highest BCUT2D eigenvalue weighted by molar-refractivity contribution is 7.80. The van der Waals surface area contributed by atoms with E-state index in [-0.39, 0.29) is 6.61 Å². The van der Waals surface area contributed by atoms with Crippen molar-refractivity contribution in [1.82, 2.24) is 9.80 Å². The molecule has 0 spiro atoms. The Bertz CT molecular complexity index is 1040. The minimum Gasteiger partial charge on any atom is -0.508 e. The number of aromatic hydroxyl groups is 1. The van der Waals surface area contributed by atoms with Gasteiger partial charge in [0.05, 0.1) is 4.88 Å². The van der Waals surface area contributed by atoms with Gasteiger partial charge >= 0.3 is 0 Å². The third kappa shape index (κ3) is 5.61. The molecule has 0 bridgehead atoms. The number of nitrogens with zero attached hydrogens (tertiary/aromatic N) is 2. The van der Waals surface area contributed by atoms with Gasteiger partial charge in [0.2, 0.25) is 0 Å². The number of benzene rings is 2. The van der Waals surface area contributed by atoms with Crippen molar-refractivity contribution in [2.24, 2.45) is 0 Å². The normalized spacial score (nSPS) is 15.4. The minimum atomic E-state index is 0.277. The molecule has 31 heavy (non-hydrogen) atoms. The molecule has 0 aliphatic carbocycles. The third-order valence-electron chi connectivity index (χ3n) is 5.78. The zero-order valence-electron chi connectivity index (χ0n) is 17.5. The lowest BCUT2D eigenvalue weighted by molar-refractivity contribution is 0.123. The van der Waals surface area contributed by atoms with Crippen molar-refractivity contribution in [3.63, 3.8) is 0 Å². The van der Waals surface area contributed by atoms with Crippen LogP contribution in [0.1, 0.15) is 18.4 Å². The zero-order valence-corrected chi connectivity index (χ0v) is 19.9. The summed E-state index contributed by atoms with van der Waals surface area (Å²) in [4.78, 5) is 6.05. The van der Waals surface area contributed by atoms with Crippen LogP contribution in [0.3, 0.4) is 0 Å². The van der Waals surface area contributed by atoms with Crippen LogP contribution in [0, 0.1) is 3.82 Å². The van der Waals surface area contributed by atoms with Crippen molar-refractivity contribution in [3.05, 3.63) is 57.9 Å². The number of unbranched alkanes of at least 4 members (excludes halogenated alkanes) is 1. The molecule has 1 aromatic heterocycles. The molecule has 1 aliphatic rings. The highest BCUT2D eigenvalue weighted by Crippen LogP contribution is 2.42. The molecule has 2 aromatic carbocycles. The van der Waals surface area contributed by atoms with E-state index >= 15 is 0 Å². The molecule has 0 atom stereocenters. The standard InChI is InChI=1S/C24H28N2O2S3/c27-15-5-4-10-25-11-13-26(14-12-25)17-20-16-19(8-9-21(20)28)23-22(24(29)31-30-23)18-6-2-1-3-7-18/h1-3,6-9,16,27-28H,4-5,10-15,17H2. The Hall–Kier alpha value is -1.61. The average molecular weight is 473 g/mol. The van der Waals surface area contributed by atoms with Crippen molar-refractivity contribution >= 4 is 32.9 Å². The fraction of sp³-hybridized carbons (Fsp3) is 0.375. The molecular formula is C24H28N2O2S3. The quantitative estimate of drug-likeness (QED) is 0.259. The number of hydrogen-bond donors (Lipinski definition) is 2. The van der Waals surface area contributed by atoms with Gasteiger partial charge in [-0.3, -0.25) is 4.90 Å². The summed E-state index contributed by atoms with van der Waals surface area (Å²) < 4.78 is 0.915. The van der Waals surface area contributed by atoms with E-state index in [9.17, 15) is 5.11 Å². The summed E-state index contributed by atoms with van der Waals surface area (Å²) in [6, 6.07) is 16.3. The van der Waals surface area contributed by atoms with Crippen molar-refractivity contribution in [3.8, 4) is 27.3 Å². The SMILES string of the molecule is OCCCCN1CCN(Cc2cc(-c3ssc(=S)c3-c3ccccc3)ccc2O)CC1. The van der Waals surface area contributed by atoms with E-state index < -0.39 is 0 Å². The monoisotopic (exact) mass is 472 g/mol. The molecule has 3 aromatic rings. The van der Waals surface area contributed by atoms with Crippen LogP contribution in [-0.4, -0.2) is 59.3 Å². The Morgan fingerprint density at radius 1 is 0.871 bits per heavy atom. The summed E-state index contributed by atoms with van der Waals surface area (Å²) in [5.74, 6) is 0.356. The molecule has 0 saturated carbocycles. The summed E-state index contributed by atoms with van der Waals surface area (Å²) in [5.41, 5.74) is 4.35. The van der Waals surface area contributed by atoms with Gasteiger partial charge in [0, 0.05) is 50.5 Å². The number of aliphatic hydroxyl groups is 1. The van der Waals surface area contributed by atoms with Gasteiger partial charge in [0.15, 0.2) is 0 Å². The zero-order chi connectivity index (χ0) is 21.6. The van der Waals surface area contributed by atoms with Crippen molar-refractivity contribution in [1.29, 1.82) is 0 Å². The van der Waals surface area contributed by atoms with Gasteiger partial charge in [0.25, 0.3) is 0 Å². The first-order valence-corrected chi connectivity index (χ1v) is 13.3. The first-order valence-electron chi connectivity index (χ1n) is 10.7. The Morgan fingerprint density at radius 3 is 2.35 bits per heavy atom. The number of phenolic OH excluding ortho intramolecular Hbond substituents is 1. The van der Waals surface area contributed by atoms with Crippen LogP contribution in [0.5, 0.6) is 5.75 Å². The fourth-order valence-corrected chi connectivity index (χ4v) is 6.92. The number of rotatable bonds is 8. The number of piperazine rings is 1. The molecule has 4 nitrogen and oxygen atoms in total. The molecule has 164 valence electrons. The number of hydrogen-bond acceptors (Lipinski definition) is 7. The maximum absolute atomic E-state index is 10.5. The molecule has 2 N–H and O–H groups in total. The maximum Gasteiger partial charge on any atom is 0.120 e. The molecular weight excluding hydrogens is 444 g/mol. The molecule has 1 saturated heterocycles. The molecule has 0 amide bonds. The second-order valence-corrected chi connectivity index (χ2v) is 10.7. The van der Waals surface area contributed by atoms with E-state index in [2.05, 4.69) is 28.0 Å². The van der Waals surface area contributed by atoms with Crippen molar-refractivity contribution in [2.75, 3.05) is 39.3 Å². The third-order valence-corrected chi connectivity index (χ3v) is 8.84. The smallest absolute Gasteiger partial charge is 0.120 e. The van der Waals surface area contributed by atoms with Gasteiger partial charge in [-0.05, 0) is 48.7 Å². The van der Waals surface area contributed by atoms with E-state index in [4.69, 9.17) is 17.3 Å². The predicted molar refractivity (Wildman–Crippen MR) is 134 cm³/mol. The van der Waals surface area contributed by atoms with E-state index in [0.29, 0.717) is 5.75 Å². The van der Waals surface area contributed by atoms with Crippen LogP contribution >= 0.6 is 32.9 Å². The molecule has 1 fully saturated rings. The Labute approximate surface area is 196 Å². The molecule has 0 radical (unpaired) electrons. The fourth-order valence-electron chi connectivity index (χ4n) is 4.01. The summed E-state index contributed by atoms with van der Waals surface area (Å²) >= 11 is 5.65. The van der Waals surface area contributed by atoms with Gasteiger partial charge in [-0.25, -0.2) is 0 Å². The van der Waals surface area contributed by atoms with Gasteiger partial charge < -0.3 is 15.1 Å². The summed E-state index contributed by atoms with van der Waals surface area (Å²) in [6.07, 6.45) is 1.93. The highest BCUT2D eigenvalue weighted by atomic mass is 32.9. The van der Waals surface area contributed by atoms with Crippen molar-refractivity contribution < 1.29 is 10.2 Å². The second-order valence-electron chi connectivity index (χ2n) is 7.92. The maximum atomic E-state index is 10.5. The number of aliphatic hydroxyl groups excluding tert-OH is 1. The molecule has 0 unspecified atom stereocenters.